The van der Waals surface area contributed by atoms with Crippen molar-refractivity contribution in [1.29, 1.82) is 0 Å². The van der Waals surface area contributed by atoms with Gasteiger partial charge in [0.25, 0.3) is 0 Å². The maximum atomic E-state index is 12.6. The molecule has 0 rings (SSSR count). The Kier molecular flexibility index (Phi) is 38.8. The van der Waals surface area contributed by atoms with Crippen molar-refractivity contribution in [1.82, 2.24) is 0 Å². The summed E-state index contributed by atoms with van der Waals surface area (Å²) >= 11 is 0. The molecule has 0 heterocycles. The molecule has 0 radical (unpaired) electrons. The Bertz CT molecular complexity index is 1460. The summed E-state index contributed by atoms with van der Waals surface area (Å²) in [6.07, 6.45) is 50.8. The number of phosphoric acid groups is 1. The van der Waals surface area contributed by atoms with Gasteiger partial charge in [0, 0.05) is 12.8 Å². The molecule has 0 saturated heterocycles. The predicted octanol–water partition coefficient (Wildman–Crippen LogP) is 10.8. The van der Waals surface area contributed by atoms with Gasteiger partial charge in [0.2, 0.25) is 0 Å². The number of carbonyl (C=O) groups is 3. The molecule has 344 valence electrons. The summed E-state index contributed by atoms with van der Waals surface area (Å²) < 4.78 is 32.6. The van der Waals surface area contributed by atoms with Crippen LogP contribution in [0.15, 0.2) is 109 Å². The van der Waals surface area contributed by atoms with Crippen LogP contribution in [0.4, 0.5) is 0 Å². The molecule has 0 amide bonds. The quantitative estimate of drug-likeness (QED) is 0.0198. The number of ether oxygens (including phenoxy) is 2. The van der Waals surface area contributed by atoms with Gasteiger partial charge in [0.1, 0.15) is 12.6 Å². The fraction of sp³-hybridized carbons (Fsp3) is 0.562. The molecule has 0 aliphatic carbocycles. The van der Waals surface area contributed by atoms with E-state index in [1.165, 1.54) is 0 Å². The normalized spacial score (nSPS) is 15.2. The SMILES string of the molecule is CC/C=C\C/C=C\C/C=C\C/C=C\C/C=C\CCCCCC(=O)O[C@H](COC(=O)CCC/C=C\C/C=C\C/C=C\C/C=C\CC(O)CCC)COP(=O)(O)OC[C@H](N)C(=O)O. The zero-order chi connectivity index (χ0) is 45.1. The molecule has 13 heteroatoms. The largest absolute Gasteiger partial charge is 0.480 e. The summed E-state index contributed by atoms with van der Waals surface area (Å²) in [5, 5.41) is 18.6. The number of unbranched alkanes of at least 4 members (excludes halogenated alkanes) is 4. The number of aliphatic hydroxyl groups excluding tert-OH is 1. The molecule has 0 saturated carbocycles. The Hall–Kier alpha value is -3.90. The highest BCUT2D eigenvalue weighted by molar-refractivity contribution is 7.47. The van der Waals surface area contributed by atoms with Crippen molar-refractivity contribution in [3.05, 3.63) is 109 Å². The molecular weight excluding hydrogens is 797 g/mol. The standard InChI is InChI=1S/C48H76NO11P/c1-3-5-6-7-8-9-10-11-12-13-14-15-16-19-23-26-29-32-35-39-47(52)60-44(41-58-61(55,56)59-42-45(49)48(53)54)40-57-46(51)38-34-31-28-25-22-20-17-18-21-24-27-30-33-37-43(50)36-4-2/h5-6,8-9,11-12,14-15,17,19-21,23-25,28,30,33,43-45,50H,3-4,7,10,13,16,18,22,26-27,29,31-32,34-42,49H2,1-2H3,(H,53,54)(H,55,56)/b6-5-,9-8-,12-11-,15-14-,20-17-,23-19-,24-21-,28-25-,33-30-/t43?,44-,45+/m1/s1. The molecule has 5 N–H and O–H groups in total. The fourth-order valence-electron chi connectivity index (χ4n) is 5.16. The first-order valence-corrected chi connectivity index (χ1v) is 23.5. The number of hydrogen-bond acceptors (Lipinski definition) is 10. The number of aliphatic hydroxyl groups is 1. The lowest BCUT2D eigenvalue weighted by Gasteiger charge is -2.20. The highest BCUT2D eigenvalue weighted by atomic mass is 31.2. The van der Waals surface area contributed by atoms with Crippen LogP contribution in [0.1, 0.15) is 136 Å². The molecule has 0 bridgehead atoms. The van der Waals surface area contributed by atoms with E-state index in [1.807, 2.05) is 18.2 Å². The zero-order valence-corrected chi connectivity index (χ0v) is 37.7. The highest BCUT2D eigenvalue weighted by Gasteiger charge is 2.28. The third-order valence-electron chi connectivity index (χ3n) is 8.56. The predicted molar refractivity (Wildman–Crippen MR) is 246 cm³/mol. The molecule has 0 aliphatic rings. The van der Waals surface area contributed by atoms with Gasteiger partial charge in [-0.05, 0) is 96.3 Å². The van der Waals surface area contributed by atoms with Gasteiger partial charge in [0.15, 0.2) is 6.10 Å². The molecule has 12 nitrogen and oxygen atoms in total. The first-order valence-electron chi connectivity index (χ1n) is 22.0. The molecule has 2 unspecified atom stereocenters. The van der Waals surface area contributed by atoms with E-state index in [1.54, 1.807) is 0 Å². The summed E-state index contributed by atoms with van der Waals surface area (Å²) in [6, 6.07) is -1.55. The maximum Gasteiger partial charge on any atom is 0.472 e. The van der Waals surface area contributed by atoms with Crippen LogP contribution < -0.4 is 5.73 Å². The first kappa shape index (κ1) is 57.1. The minimum atomic E-state index is -4.76. The molecule has 0 spiro atoms. The number of hydrogen-bond donors (Lipinski definition) is 4. The Balaban J connectivity index is 4.56. The summed E-state index contributed by atoms with van der Waals surface area (Å²) in [5.74, 6) is -2.54. The average Bonchev–Trinajstić information content (AvgIpc) is 3.23. The smallest absolute Gasteiger partial charge is 0.472 e. The van der Waals surface area contributed by atoms with Gasteiger partial charge in [-0.25, -0.2) is 4.57 Å². The van der Waals surface area contributed by atoms with E-state index in [2.05, 4.69) is 110 Å². The van der Waals surface area contributed by atoms with E-state index in [0.29, 0.717) is 25.7 Å². The molecule has 61 heavy (non-hydrogen) atoms. The number of rotatable bonds is 39. The van der Waals surface area contributed by atoms with E-state index < -0.39 is 57.7 Å². The van der Waals surface area contributed by atoms with Crippen LogP contribution >= 0.6 is 7.82 Å². The maximum absolute atomic E-state index is 12.6. The lowest BCUT2D eigenvalue weighted by atomic mass is 10.1. The van der Waals surface area contributed by atoms with E-state index in [4.69, 9.17) is 24.8 Å². The van der Waals surface area contributed by atoms with Crippen molar-refractivity contribution in [3.8, 4) is 0 Å². The van der Waals surface area contributed by atoms with Crippen LogP contribution in [0.2, 0.25) is 0 Å². The lowest BCUT2D eigenvalue weighted by Crippen LogP contribution is -2.34. The van der Waals surface area contributed by atoms with Crippen LogP contribution in [0.5, 0.6) is 0 Å². The number of aliphatic carboxylic acids is 1. The first-order chi connectivity index (χ1) is 29.5. The van der Waals surface area contributed by atoms with Gasteiger partial charge in [-0.1, -0.05) is 136 Å². The number of carboxylic acid groups (broad SMARTS) is 1. The zero-order valence-electron chi connectivity index (χ0n) is 36.8. The van der Waals surface area contributed by atoms with Crippen molar-refractivity contribution in [2.45, 2.75) is 154 Å². The van der Waals surface area contributed by atoms with E-state index in [0.717, 1.165) is 83.5 Å². The molecular formula is C48H76NO11P. The van der Waals surface area contributed by atoms with Crippen molar-refractivity contribution in [2.75, 3.05) is 19.8 Å². The Labute approximate surface area is 366 Å². The second-order valence-corrected chi connectivity index (χ2v) is 15.7. The number of phosphoric ester groups is 1. The van der Waals surface area contributed by atoms with Gasteiger partial charge in [-0.3, -0.25) is 23.4 Å². The van der Waals surface area contributed by atoms with Gasteiger partial charge in [0.05, 0.1) is 19.3 Å². The molecule has 4 atom stereocenters. The van der Waals surface area contributed by atoms with Gasteiger partial charge in [-0.2, -0.15) is 0 Å². The van der Waals surface area contributed by atoms with Crippen LogP contribution in [-0.4, -0.2) is 71.1 Å². The summed E-state index contributed by atoms with van der Waals surface area (Å²) in [4.78, 5) is 46.0. The van der Waals surface area contributed by atoms with Crippen molar-refractivity contribution >= 4 is 25.7 Å². The number of esters is 2. The third kappa shape index (κ3) is 41.2. The third-order valence-corrected chi connectivity index (χ3v) is 9.51. The van der Waals surface area contributed by atoms with Crippen LogP contribution in [0.25, 0.3) is 0 Å². The second-order valence-electron chi connectivity index (χ2n) is 14.3. The number of allylic oxidation sites excluding steroid dienone is 17. The minimum absolute atomic E-state index is 0.0956. The second kappa shape index (κ2) is 41.5. The summed E-state index contributed by atoms with van der Waals surface area (Å²) in [5.41, 5.74) is 5.33. The van der Waals surface area contributed by atoms with E-state index in [-0.39, 0.29) is 18.9 Å². The summed E-state index contributed by atoms with van der Waals surface area (Å²) in [6.45, 7) is 2.37. The fourth-order valence-corrected chi connectivity index (χ4v) is 5.93. The topological polar surface area (TPSA) is 192 Å². The summed E-state index contributed by atoms with van der Waals surface area (Å²) in [7, 11) is -4.76. The van der Waals surface area contributed by atoms with Crippen LogP contribution in [0, 0.1) is 0 Å². The number of nitrogens with two attached hydrogens (primary N) is 1. The lowest BCUT2D eigenvalue weighted by molar-refractivity contribution is -0.161. The van der Waals surface area contributed by atoms with E-state index >= 15 is 0 Å². The van der Waals surface area contributed by atoms with Crippen molar-refractivity contribution < 1.29 is 52.6 Å². The molecule has 0 aromatic rings. The average molecular weight is 874 g/mol. The molecule has 0 aromatic heterocycles. The van der Waals surface area contributed by atoms with Crippen LogP contribution in [-0.2, 0) is 37.5 Å². The van der Waals surface area contributed by atoms with E-state index in [9.17, 15) is 28.9 Å². The highest BCUT2D eigenvalue weighted by Crippen LogP contribution is 2.43. The Morgan fingerprint density at radius 2 is 1.05 bits per heavy atom. The Morgan fingerprint density at radius 3 is 1.56 bits per heavy atom. The van der Waals surface area contributed by atoms with Crippen molar-refractivity contribution in [3.63, 3.8) is 0 Å². The molecule has 0 aliphatic heterocycles. The van der Waals surface area contributed by atoms with Gasteiger partial charge < -0.3 is 30.3 Å². The number of carbonyl (C=O) groups excluding carboxylic acids is 2. The minimum Gasteiger partial charge on any atom is -0.480 e. The van der Waals surface area contributed by atoms with Crippen LogP contribution in [0.3, 0.4) is 0 Å². The molecule has 0 fully saturated rings. The molecule has 0 aromatic carbocycles. The Morgan fingerprint density at radius 1 is 0.590 bits per heavy atom. The van der Waals surface area contributed by atoms with Gasteiger partial charge >= 0.3 is 25.7 Å². The number of carboxylic acids is 1. The van der Waals surface area contributed by atoms with Gasteiger partial charge in [-0.15, -0.1) is 0 Å². The monoisotopic (exact) mass is 874 g/mol. The van der Waals surface area contributed by atoms with Crippen molar-refractivity contribution in [2.24, 2.45) is 5.73 Å².